The van der Waals surface area contributed by atoms with E-state index in [0.717, 1.165) is 22.3 Å². The van der Waals surface area contributed by atoms with Crippen LogP contribution in [0.4, 0.5) is 4.39 Å². The summed E-state index contributed by atoms with van der Waals surface area (Å²) in [6.07, 6.45) is 3.30. The van der Waals surface area contributed by atoms with E-state index in [-0.39, 0.29) is 23.5 Å². The van der Waals surface area contributed by atoms with Gasteiger partial charge in [0.05, 0.1) is 5.69 Å². The van der Waals surface area contributed by atoms with E-state index >= 15 is 0 Å². The summed E-state index contributed by atoms with van der Waals surface area (Å²) in [5.41, 5.74) is 7.94. The summed E-state index contributed by atoms with van der Waals surface area (Å²) in [6.45, 7) is 1.59. The van der Waals surface area contributed by atoms with E-state index in [1.807, 2.05) is 22.8 Å². The fourth-order valence-electron chi connectivity index (χ4n) is 3.95. The largest absolute Gasteiger partial charge is 0.369 e. The number of carbonyl (C=O) groups excluding carboxylic acids is 2. The molecule has 1 aromatic carbocycles. The van der Waals surface area contributed by atoms with Crippen molar-refractivity contribution >= 4 is 22.8 Å². The standard InChI is InChI=1S/C22H23FN4O2/c23-18-5-3-15(4-6-18)19-14-17-2-1-10-25-22(17)27(19)13-9-20(28)26-11-7-16(8-12-26)21(24)29/h1-6,10,14,16H,7-9,11-13H2,(H2,24,29). The minimum absolute atomic E-state index is 0.0516. The van der Waals surface area contributed by atoms with Crippen molar-refractivity contribution in [2.45, 2.75) is 25.8 Å². The van der Waals surface area contributed by atoms with Crippen LogP contribution < -0.4 is 5.73 Å². The number of amides is 2. The van der Waals surface area contributed by atoms with Gasteiger partial charge in [-0.15, -0.1) is 0 Å². The molecule has 4 rings (SSSR count). The topological polar surface area (TPSA) is 81.2 Å². The van der Waals surface area contributed by atoms with Crippen LogP contribution in [0, 0.1) is 11.7 Å². The Labute approximate surface area is 168 Å². The first-order chi connectivity index (χ1) is 14.0. The molecule has 150 valence electrons. The molecule has 1 aliphatic rings. The van der Waals surface area contributed by atoms with E-state index in [9.17, 15) is 14.0 Å². The molecule has 2 amide bonds. The third kappa shape index (κ3) is 3.99. The number of nitrogens with two attached hydrogens (primary N) is 1. The lowest BCUT2D eigenvalue weighted by Gasteiger charge is -2.30. The second-order valence-corrected chi connectivity index (χ2v) is 7.41. The van der Waals surface area contributed by atoms with Crippen LogP contribution in [0.2, 0.25) is 0 Å². The van der Waals surface area contributed by atoms with Gasteiger partial charge >= 0.3 is 0 Å². The van der Waals surface area contributed by atoms with E-state index in [1.165, 1.54) is 12.1 Å². The van der Waals surface area contributed by atoms with Crippen molar-refractivity contribution in [3.8, 4) is 11.3 Å². The van der Waals surface area contributed by atoms with Crippen molar-refractivity contribution in [3.63, 3.8) is 0 Å². The maximum absolute atomic E-state index is 13.3. The number of pyridine rings is 1. The average molecular weight is 394 g/mol. The van der Waals surface area contributed by atoms with E-state index in [4.69, 9.17) is 5.73 Å². The lowest BCUT2D eigenvalue weighted by Crippen LogP contribution is -2.41. The molecule has 0 unspecified atom stereocenters. The van der Waals surface area contributed by atoms with Crippen molar-refractivity contribution in [1.82, 2.24) is 14.5 Å². The second-order valence-electron chi connectivity index (χ2n) is 7.41. The molecule has 2 aromatic heterocycles. The summed E-state index contributed by atoms with van der Waals surface area (Å²) < 4.78 is 15.4. The third-order valence-corrected chi connectivity index (χ3v) is 5.59. The minimum atomic E-state index is -0.288. The molecule has 0 saturated carbocycles. The van der Waals surface area contributed by atoms with Gasteiger partial charge in [0.1, 0.15) is 11.5 Å². The molecule has 7 heteroatoms. The molecule has 0 atom stereocenters. The maximum Gasteiger partial charge on any atom is 0.224 e. The lowest BCUT2D eigenvalue weighted by atomic mass is 9.96. The van der Waals surface area contributed by atoms with Gasteiger partial charge in [0.2, 0.25) is 11.8 Å². The summed E-state index contributed by atoms with van der Waals surface area (Å²) in [6, 6.07) is 12.2. The van der Waals surface area contributed by atoms with Crippen LogP contribution in [-0.4, -0.2) is 39.4 Å². The number of piperidine rings is 1. The predicted octanol–water partition coefficient (Wildman–Crippen LogP) is 2.96. The molecule has 0 aliphatic carbocycles. The van der Waals surface area contributed by atoms with Gasteiger partial charge in [-0.1, -0.05) is 0 Å². The second kappa shape index (κ2) is 8.03. The number of carbonyl (C=O) groups is 2. The summed E-state index contributed by atoms with van der Waals surface area (Å²) in [4.78, 5) is 30.3. The Kier molecular flexibility index (Phi) is 5.29. The number of aryl methyl sites for hydroxylation is 1. The van der Waals surface area contributed by atoms with Gasteiger partial charge in [-0.05, 0) is 60.9 Å². The molecule has 3 heterocycles. The molecule has 0 spiro atoms. The minimum Gasteiger partial charge on any atom is -0.369 e. The Hall–Kier alpha value is -3.22. The smallest absolute Gasteiger partial charge is 0.224 e. The normalized spacial score (nSPS) is 15.0. The zero-order valence-corrected chi connectivity index (χ0v) is 16.1. The SMILES string of the molecule is NC(=O)C1CCN(C(=O)CCn2c(-c3ccc(F)cc3)cc3cccnc32)CC1. The molecule has 2 N–H and O–H groups in total. The van der Waals surface area contributed by atoms with Crippen LogP contribution in [0.5, 0.6) is 0 Å². The highest BCUT2D eigenvalue weighted by Crippen LogP contribution is 2.28. The molecule has 0 bridgehead atoms. The van der Waals surface area contributed by atoms with Crippen LogP contribution >= 0.6 is 0 Å². The Morgan fingerprint density at radius 2 is 1.86 bits per heavy atom. The highest BCUT2D eigenvalue weighted by atomic mass is 19.1. The summed E-state index contributed by atoms with van der Waals surface area (Å²) in [5, 5.41) is 0.974. The first-order valence-corrected chi connectivity index (χ1v) is 9.80. The Balaban J connectivity index is 1.53. The van der Waals surface area contributed by atoms with Gasteiger partial charge in [0, 0.05) is 43.6 Å². The van der Waals surface area contributed by atoms with Crippen molar-refractivity contribution in [2.75, 3.05) is 13.1 Å². The summed E-state index contributed by atoms with van der Waals surface area (Å²) in [7, 11) is 0. The number of hydrogen-bond donors (Lipinski definition) is 1. The van der Waals surface area contributed by atoms with E-state index < -0.39 is 0 Å². The molecule has 6 nitrogen and oxygen atoms in total. The lowest BCUT2D eigenvalue weighted by molar-refractivity contribution is -0.135. The average Bonchev–Trinajstić information content (AvgIpc) is 3.11. The van der Waals surface area contributed by atoms with Crippen LogP contribution in [0.25, 0.3) is 22.3 Å². The molecule has 1 aliphatic heterocycles. The predicted molar refractivity (Wildman–Crippen MR) is 108 cm³/mol. The molecule has 1 fully saturated rings. The molecular formula is C22H23FN4O2. The quantitative estimate of drug-likeness (QED) is 0.722. The van der Waals surface area contributed by atoms with Crippen LogP contribution in [0.15, 0.2) is 48.7 Å². The number of nitrogens with zero attached hydrogens (tertiary/aromatic N) is 3. The van der Waals surface area contributed by atoms with Crippen LogP contribution in [0.1, 0.15) is 19.3 Å². The van der Waals surface area contributed by atoms with Gasteiger partial charge < -0.3 is 15.2 Å². The summed E-state index contributed by atoms with van der Waals surface area (Å²) in [5.74, 6) is -0.660. The number of fused-ring (bicyclic) bond motifs is 1. The van der Waals surface area contributed by atoms with Crippen LogP contribution in [-0.2, 0) is 16.1 Å². The molecule has 0 radical (unpaired) electrons. The van der Waals surface area contributed by atoms with Gasteiger partial charge in [0.25, 0.3) is 0 Å². The molecule has 3 aromatic rings. The van der Waals surface area contributed by atoms with E-state index in [2.05, 4.69) is 4.98 Å². The number of hydrogen-bond acceptors (Lipinski definition) is 3. The number of likely N-dealkylation sites (tertiary alicyclic amines) is 1. The van der Waals surface area contributed by atoms with Crippen molar-refractivity contribution in [2.24, 2.45) is 11.7 Å². The van der Waals surface area contributed by atoms with E-state index in [0.29, 0.717) is 38.9 Å². The summed E-state index contributed by atoms with van der Waals surface area (Å²) >= 11 is 0. The first-order valence-electron chi connectivity index (χ1n) is 9.80. The number of benzene rings is 1. The molecule has 29 heavy (non-hydrogen) atoms. The number of halogens is 1. The first kappa shape index (κ1) is 19.1. The van der Waals surface area contributed by atoms with Gasteiger partial charge in [-0.3, -0.25) is 9.59 Å². The Bertz CT molecular complexity index is 1040. The fourth-order valence-corrected chi connectivity index (χ4v) is 3.95. The maximum atomic E-state index is 13.3. The van der Waals surface area contributed by atoms with Gasteiger partial charge in [-0.25, -0.2) is 9.37 Å². The van der Waals surface area contributed by atoms with Gasteiger partial charge in [0.15, 0.2) is 0 Å². The molecular weight excluding hydrogens is 371 g/mol. The number of primary amides is 1. The fraction of sp³-hybridized carbons (Fsp3) is 0.318. The Morgan fingerprint density at radius 3 is 2.55 bits per heavy atom. The molecule has 1 saturated heterocycles. The van der Waals surface area contributed by atoms with E-state index in [1.54, 1.807) is 23.2 Å². The van der Waals surface area contributed by atoms with Crippen LogP contribution in [0.3, 0.4) is 0 Å². The highest BCUT2D eigenvalue weighted by molar-refractivity contribution is 5.84. The number of rotatable bonds is 5. The van der Waals surface area contributed by atoms with Crippen molar-refractivity contribution < 1.29 is 14.0 Å². The zero-order chi connectivity index (χ0) is 20.4. The monoisotopic (exact) mass is 394 g/mol. The number of aromatic nitrogens is 2. The van der Waals surface area contributed by atoms with Crippen molar-refractivity contribution in [1.29, 1.82) is 0 Å². The Morgan fingerprint density at radius 1 is 1.14 bits per heavy atom. The zero-order valence-electron chi connectivity index (χ0n) is 16.1. The van der Waals surface area contributed by atoms with Gasteiger partial charge in [-0.2, -0.15) is 0 Å². The van der Waals surface area contributed by atoms with Crippen molar-refractivity contribution in [3.05, 3.63) is 54.5 Å². The highest BCUT2D eigenvalue weighted by Gasteiger charge is 2.26. The third-order valence-electron chi connectivity index (χ3n) is 5.59.